The number of aryl methyl sites for hydroxylation is 1. The maximum atomic E-state index is 12.0. The molecule has 7 heteroatoms. The molecule has 0 spiro atoms. The first kappa shape index (κ1) is 16.6. The van der Waals surface area contributed by atoms with Crippen LogP contribution in [-0.2, 0) is 14.3 Å². The van der Waals surface area contributed by atoms with Crippen LogP contribution in [0.4, 0.5) is 5.82 Å². The molecule has 0 aliphatic carbocycles. The minimum atomic E-state index is 0.0337. The van der Waals surface area contributed by atoms with Crippen molar-refractivity contribution < 1.29 is 14.3 Å². The monoisotopic (exact) mass is 308 g/mol. The quantitative estimate of drug-likeness (QED) is 0.709. The molecular weight excluding hydrogens is 284 g/mol. The molecule has 0 N–H and O–H groups in total. The number of methoxy groups -OCH3 is 1. The molecule has 1 saturated heterocycles. The van der Waals surface area contributed by atoms with Crippen LogP contribution in [0, 0.1) is 13.8 Å². The number of hydrogen-bond donors (Lipinski definition) is 0. The van der Waals surface area contributed by atoms with E-state index in [4.69, 9.17) is 9.47 Å². The molecule has 2 heterocycles. The van der Waals surface area contributed by atoms with Gasteiger partial charge in [-0.15, -0.1) is 0 Å². The van der Waals surface area contributed by atoms with Crippen LogP contribution in [0.3, 0.4) is 0 Å². The van der Waals surface area contributed by atoms with Gasteiger partial charge in [-0.3, -0.25) is 4.79 Å². The molecule has 22 heavy (non-hydrogen) atoms. The van der Waals surface area contributed by atoms with E-state index in [1.165, 1.54) is 0 Å². The van der Waals surface area contributed by atoms with E-state index >= 15 is 0 Å². The van der Waals surface area contributed by atoms with Crippen molar-refractivity contribution in [3.8, 4) is 0 Å². The summed E-state index contributed by atoms with van der Waals surface area (Å²) in [5.74, 6) is 1.00. The highest BCUT2D eigenvalue weighted by molar-refractivity contribution is 5.77. The van der Waals surface area contributed by atoms with Crippen LogP contribution in [-0.4, -0.2) is 73.9 Å². The van der Waals surface area contributed by atoms with Crippen molar-refractivity contribution in [1.82, 2.24) is 14.9 Å². The average Bonchev–Trinajstić information content (AvgIpc) is 2.54. The third-order valence-corrected chi connectivity index (χ3v) is 3.90. The number of piperazine rings is 1. The fourth-order valence-electron chi connectivity index (χ4n) is 2.41. The first-order chi connectivity index (χ1) is 10.6. The first-order valence-corrected chi connectivity index (χ1v) is 7.51. The van der Waals surface area contributed by atoms with Crippen LogP contribution < -0.4 is 4.90 Å². The number of rotatable bonds is 6. The van der Waals surface area contributed by atoms with Gasteiger partial charge >= 0.3 is 0 Å². The summed E-state index contributed by atoms with van der Waals surface area (Å²) in [7, 11) is 1.61. The number of nitrogens with zero attached hydrogens (tertiary/aromatic N) is 4. The molecular formula is C15H24N4O3. The predicted octanol–water partition coefficient (Wildman–Crippen LogP) is 0.405. The summed E-state index contributed by atoms with van der Waals surface area (Å²) in [6, 6.07) is 0. The standard InChI is InChI=1S/C15H24N4O3/c1-12-13(2)16-11-17-15(12)19-6-4-18(5-7-19)14(20)10-22-9-8-21-3/h11H,4-10H2,1-3H3. The van der Waals surface area contributed by atoms with E-state index in [1.54, 1.807) is 13.4 Å². The van der Waals surface area contributed by atoms with Crippen molar-refractivity contribution in [2.45, 2.75) is 13.8 Å². The molecule has 0 radical (unpaired) electrons. The first-order valence-electron chi connectivity index (χ1n) is 7.51. The fraction of sp³-hybridized carbons (Fsp3) is 0.667. The van der Waals surface area contributed by atoms with Crippen molar-refractivity contribution in [2.75, 3.05) is 58.0 Å². The third-order valence-electron chi connectivity index (χ3n) is 3.90. The van der Waals surface area contributed by atoms with Gasteiger partial charge in [-0.2, -0.15) is 0 Å². The number of aromatic nitrogens is 2. The van der Waals surface area contributed by atoms with E-state index in [2.05, 4.69) is 14.9 Å². The molecule has 0 saturated carbocycles. The van der Waals surface area contributed by atoms with Gasteiger partial charge in [0.1, 0.15) is 18.8 Å². The van der Waals surface area contributed by atoms with Gasteiger partial charge in [-0.05, 0) is 13.8 Å². The van der Waals surface area contributed by atoms with E-state index in [0.717, 1.165) is 30.2 Å². The van der Waals surface area contributed by atoms with Crippen LogP contribution in [0.1, 0.15) is 11.3 Å². The lowest BCUT2D eigenvalue weighted by Crippen LogP contribution is -2.50. The predicted molar refractivity (Wildman–Crippen MR) is 83.0 cm³/mol. The van der Waals surface area contributed by atoms with E-state index < -0.39 is 0 Å². The second kappa shape index (κ2) is 8.05. The topological polar surface area (TPSA) is 67.8 Å². The van der Waals surface area contributed by atoms with Gasteiger partial charge in [0.15, 0.2) is 0 Å². The van der Waals surface area contributed by atoms with Gasteiger partial charge in [0.05, 0.1) is 13.2 Å². The van der Waals surface area contributed by atoms with Crippen molar-refractivity contribution in [1.29, 1.82) is 0 Å². The van der Waals surface area contributed by atoms with Crippen LogP contribution >= 0.6 is 0 Å². The summed E-state index contributed by atoms with van der Waals surface area (Å²) in [6.07, 6.45) is 1.60. The number of ether oxygens (including phenoxy) is 2. The maximum Gasteiger partial charge on any atom is 0.248 e. The molecule has 1 amide bonds. The largest absolute Gasteiger partial charge is 0.382 e. The zero-order valence-corrected chi connectivity index (χ0v) is 13.5. The Morgan fingerprint density at radius 2 is 1.91 bits per heavy atom. The normalized spacial score (nSPS) is 15.2. The van der Waals surface area contributed by atoms with Crippen molar-refractivity contribution in [3.63, 3.8) is 0 Å². The Morgan fingerprint density at radius 1 is 1.18 bits per heavy atom. The highest BCUT2D eigenvalue weighted by Crippen LogP contribution is 2.19. The molecule has 0 bridgehead atoms. The van der Waals surface area contributed by atoms with Gasteiger partial charge in [-0.25, -0.2) is 9.97 Å². The molecule has 0 aromatic carbocycles. The summed E-state index contributed by atoms with van der Waals surface area (Å²) in [5.41, 5.74) is 2.10. The maximum absolute atomic E-state index is 12.0. The van der Waals surface area contributed by atoms with Gasteiger partial charge in [0.25, 0.3) is 0 Å². The third kappa shape index (κ3) is 4.14. The summed E-state index contributed by atoms with van der Waals surface area (Å²) < 4.78 is 10.2. The Hall–Kier alpha value is -1.73. The number of carbonyl (C=O) groups is 1. The van der Waals surface area contributed by atoms with Crippen LogP contribution in [0.2, 0.25) is 0 Å². The van der Waals surface area contributed by atoms with Gasteiger partial charge in [0, 0.05) is 44.5 Å². The van der Waals surface area contributed by atoms with Crippen LogP contribution in [0.5, 0.6) is 0 Å². The molecule has 1 aliphatic rings. The van der Waals surface area contributed by atoms with Crippen LogP contribution in [0.15, 0.2) is 6.33 Å². The van der Waals surface area contributed by atoms with Crippen molar-refractivity contribution in [2.24, 2.45) is 0 Å². The molecule has 2 rings (SSSR count). The smallest absolute Gasteiger partial charge is 0.248 e. The van der Waals surface area contributed by atoms with E-state index in [0.29, 0.717) is 26.3 Å². The molecule has 1 aromatic rings. The highest BCUT2D eigenvalue weighted by atomic mass is 16.5. The SMILES string of the molecule is COCCOCC(=O)N1CCN(c2ncnc(C)c2C)CC1. The Morgan fingerprint density at radius 3 is 2.59 bits per heavy atom. The second-order valence-electron chi connectivity index (χ2n) is 5.32. The Balaban J connectivity index is 1.82. The zero-order chi connectivity index (χ0) is 15.9. The number of carbonyl (C=O) groups excluding carboxylic acids is 1. The molecule has 0 atom stereocenters. The number of anilines is 1. The lowest BCUT2D eigenvalue weighted by molar-refractivity contribution is -0.136. The minimum Gasteiger partial charge on any atom is -0.382 e. The van der Waals surface area contributed by atoms with E-state index in [1.807, 2.05) is 18.7 Å². The minimum absolute atomic E-state index is 0.0337. The Labute approximate surface area is 131 Å². The zero-order valence-electron chi connectivity index (χ0n) is 13.5. The summed E-state index contributed by atoms with van der Waals surface area (Å²) >= 11 is 0. The Bertz CT molecular complexity index is 502. The number of amides is 1. The van der Waals surface area contributed by atoms with Crippen molar-refractivity contribution in [3.05, 3.63) is 17.6 Å². The lowest BCUT2D eigenvalue weighted by atomic mass is 10.2. The fourth-order valence-corrected chi connectivity index (χ4v) is 2.41. The number of hydrogen-bond acceptors (Lipinski definition) is 6. The molecule has 1 fully saturated rings. The van der Waals surface area contributed by atoms with Crippen LogP contribution in [0.25, 0.3) is 0 Å². The molecule has 122 valence electrons. The lowest BCUT2D eigenvalue weighted by Gasteiger charge is -2.36. The summed E-state index contributed by atoms with van der Waals surface area (Å²) in [4.78, 5) is 24.7. The molecule has 1 aromatic heterocycles. The second-order valence-corrected chi connectivity index (χ2v) is 5.32. The average molecular weight is 308 g/mol. The highest BCUT2D eigenvalue weighted by Gasteiger charge is 2.23. The van der Waals surface area contributed by atoms with Gasteiger partial charge in [-0.1, -0.05) is 0 Å². The Kier molecular flexibility index (Phi) is 6.09. The van der Waals surface area contributed by atoms with Crippen molar-refractivity contribution >= 4 is 11.7 Å². The van der Waals surface area contributed by atoms with Gasteiger partial charge < -0.3 is 19.3 Å². The summed E-state index contributed by atoms with van der Waals surface area (Å²) in [5, 5.41) is 0. The van der Waals surface area contributed by atoms with E-state index in [9.17, 15) is 4.79 Å². The van der Waals surface area contributed by atoms with E-state index in [-0.39, 0.29) is 12.5 Å². The molecule has 7 nitrogen and oxygen atoms in total. The summed E-state index contributed by atoms with van der Waals surface area (Å²) in [6.45, 7) is 8.03. The molecule has 0 unspecified atom stereocenters. The molecule has 1 aliphatic heterocycles. The van der Waals surface area contributed by atoms with Gasteiger partial charge in [0.2, 0.25) is 5.91 Å².